The first-order chi connectivity index (χ1) is 33.8. The molecule has 10 rings (SSSR count). The molecule has 0 unspecified atom stereocenters. The third-order valence-corrected chi connectivity index (χ3v) is 17.4. The quantitative estimate of drug-likeness (QED) is 0.0576. The molecule has 2 aliphatic carbocycles. The van der Waals surface area contributed by atoms with Gasteiger partial charge in [-0.2, -0.15) is 9.97 Å². The first-order valence-electron chi connectivity index (χ1n) is 23.6. The van der Waals surface area contributed by atoms with Gasteiger partial charge in [-0.25, -0.2) is 9.97 Å². The standard InChI is InChI=1S/C26H29ClN5O2P.C14H18N2O.C12H12Cl2N3OP/c1-35(2,34)23-6-4-3-5-22(23)30-24-21(27)15-28-25(31-24)29-18-7-9-19(10-8-18)32-16-26(17-32)13-11-20(33)12-14-26;15-11-1-3-12(4-2-11)16-9-14(10-16)7-5-13(17)6-8-14;1-19(2,18)10-6-4-3-5-9(10)16-11-8(13)7-15-12(14)17-11/h3-10,15H,11-14,16-17H2,1-2H3,(H2,28,29,30,31);1-4H,5-10,15H2;3-7H,1-2H3,(H,15,16,17). The van der Waals surface area contributed by atoms with Crippen molar-refractivity contribution in [1.82, 2.24) is 19.9 Å². The van der Waals surface area contributed by atoms with Crippen molar-refractivity contribution in [3.63, 3.8) is 0 Å². The van der Waals surface area contributed by atoms with Crippen LogP contribution in [0.4, 0.5) is 51.7 Å². The molecule has 0 radical (unpaired) electrons. The normalized spacial score (nSPS) is 16.9. The van der Waals surface area contributed by atoms with E-state index in [0.717, 1.165) is 99.5 Å². The minimum atomic E-state index is -2.48. The number of benzene rings is 4. The van der Waals surface area contributed by atoms with E-state index in [9.17, 15) is 18.7 Å². The zero-order valence-corrected chi connectivity index (χ0v) is 44.4. The fourth-order valence-electron chi connectivity index (χ4n) is 9.51. The van der Waals surface area contributed by atoms with Crippen molar-refractivity contribution in [2.24, 2.45) is 10.8 Å². The molecule has 4 aliphatic rings. The number of hydrogen-bond donors (Lipinski definition) is 4. The van der Waals surface area contributed by atoms with Crippen LogP contribution in [0.1, 0.15) is 51.4 Å². The molecule has 2 spiro atoms. The molecule has 4 heterocycles. The number of carbonyl (C=O) groups is 2. The SMILES string of the molecule is CP(C)(=O)c1ccccc1Nc1nc(Cl)ncc1Cl.CP(C)(=O)c1ccccc1Nc1nc(Nc2ccc(N3CC4(CCC(=O)CC4)C3)cc2)ncc1Cl.Nc1ccc(N2CC3(CCC(=O)CC3)C2)cc1. The van der Waals surface area contributed by atoms with Crippen LogP contribution in [-0.2, 0) is 18.7 Å². The number of anilines is 9. The molecule has 14 nitrogen and oxygen atoms in total. The zero-order valence-electron chi connectivity index (χ0n) is 40.3. The van der Waals surface area contributed by atoms with Gasteiger partial charge in [0.1, 0.15) is 35.9 Å². The highest BCUT2D eigenvalue weighted by Gasteiger charge is 2.46. The van der Waals surface area contributed by atoms with Crippen molar-refractivity contribution in [2.75, 3.05) is 84.3 Å². The van der Waals surface area contributed by atoms with E-state index in [-0.39, 0.29) is 5.28 Å². The topological polar surface area (TPSA) is 188 Å². The van der Waals surface area contributed by atoms with Crippen molar-refractivity contribution >= 4 is 123 Å². The average molecular weight is 1060 g/mol. The number of para-hydroxylation sites is 2. The smallest absolute Gasteiger partial charge is 0.229 e. The highest BCUT2D eigenvalue weighted by atomic mass is 35.5. The summed E-state index contributed by atoms with van der Waals surface area (Å²) >= 11 is 18.1. The van der Waals surface area contributed by atoms with Gasteiger partial charge in [0.25, 0.3) is 0 Å². The Morgan fingerprint density at radius 3 is 1.41 bits per heavy atom. The lowest BCUT2D eigenvalue weighted by molar-refractivity contribution is -0.123. The number of nitrogens with one attached hydrogen (secondary N) is 3. The summed E-state index contributed by atoms with van der Waals surface area (Å²) in [7, 11) is -4.88. The number of aromatic nitrogens is 4. The minimum absolute atomic E-state index is 0.0977. The molecule has 4 fully saturated rings. The number of halogens is 3. The van der Waals surface area contributed by atoms with Crippen LogP contribution in [0, 0.1) is 10.8 Å². The van der Waals surface area contributed by atoms with Crippen LogP contribution in [0.5, 0.6) is 0 Å². The van der Waals surface area contributed by atoms with E-state index in [1.54, 1.807) is 32.9 Å². The Kier molecular flexibility index (Phi) is 15.8. The second-order valence-electron chi connectivity index (χ2n) is 19.8. The van der Waals surface area contributed by atoms with Gasteiger partial charge in [0.2, 0.25) is 11.2 Å². The molecule has 0 atom stereocenters. The van der Waals surface area contributed by atoms with Gasteiger partial charge in [-0.1, -0.05) is 47.5 Å². The predicted octanol–water partition coefficient (Wildman–Crippen LogP) is 11.8. The van der Waals surface area contributed by atoms with Crippen LogP contribution in [0.2, 0.25) is 15.3 Å². The molecule has 71 heavy (non-hydrogen) atoms. The summed E-state index contributed by atoms with van der Waals surface area (Å²) in [5, 5.41) is 11.8. The summed E-state index contributed by atoms with van der Waals surface area (Å²) in [6.07, 6.45) is 10.2. The first-order valence-corrected chi connectivity index (χ1v) is 29.9. The number of rotatable bonds is 10. The van der Waals surface area contributed by atoms with E-state index >= 15 is 0 Å². The third kappa shape index (κ3) is 13.1. The van der Waals surface area contributed by atoms with Gasteiger partial charge in [-0.05, 0) is 137 Å². The Hall–Kier alpha value is -5.49. The fourth-order valence-corrected chi connectivity index (χ4v) is 12.2. The van der Waals surface area contributed by atoms with Gasteiger partial charge in [0.05, 0.1) is 23.8 Å². The van der Waals surface area contributed by atoms with Crippen LogP contribution in [0.3, 0.4) is 0 Å². The molecule has 6 aromatic rings. The van der Waals surface area contributed by atoms with Crippen molar-refractivity contribution in [1.29, 1.82) is 0 Å². The number of carbonyl (C=O) groups excluding carboxylic acids is 2. The Balaban J connectivity index is 0.000000158. The van der Waals surface area contributed by atoms with Crippen LogP contribution in [-0.4, -0.2) is 84.3 Å². The van der Waals surface area contributed by atoms with E-state index in [4.69, 9.17) is 40.5 Å². The summed E-state index contributed by atoms with van der Waals surface area (Å²) in [5.74, 6) is 2.10. The number of Topliss-reactive ketones (excluding diaryl/α,β-unsaturated/α-hetero) is 2. The van der Waals surface area contributed by atoms with Crippen LogP contribution in [0.25, 0.3) is 0 Å². The summed E-state index contributed by atoms with van der Waals surface area (Å²) in [6.45, 7) is 11.1. The molecule has 0 bridgehead atoms. The van der Waals surface area contributed by atoms with E-state index in [0.29, 0.717) is 61.4 Å². The van der Waals surface area contributed by atoms with Gasteiger partial charge in [-0.3, -0.25) is 9.59 Å². The minimum Gasteiger partial charge on any atom is -0.399 e. The van der Waals surface area contributed by atoms with Gasteiger partial charge in [0, 0.05) is 96.1 Å². The van der Waals surface area contributed by atoms with Crippen molar-refractivity contribution in [3.05, 3.63) is 125 Å². The predicted molar refractivity (Wildman–Crippen MR) is 294 cm³/mol. The fraction of sp³-hybridized carbons (Fsp3) is 0.346. The Labute approximate surface area is 430 Å². The molecule has 5 N–H and O–H groups in total. The molecule has 19 heteroatoms. The zero-order chi connectivity index (χ0) is 50.6. The average Bonchev–Trinajstić information content (AvgIpc) is 3.31. The van der Waals surface area contributed by atoms with E-state index in [1.807, 2.05) is 72.8 Å². The van der Waals surface area contributed by atoms with Crippen molar-refractivity contribution < 1.29 is 18.7 Å². The van der Waals surface area contributed by atoms with Gasteiger partial charge in [0.15, 0.2) is 11.6 Å². The number of nitrogens with zero attached hydrogens (tertiary/aromatic N) is 6. The Morgan fingerprint density at radius 2 is 0.958 bits per heavy atom. The Bertz CT molecular complexity index is 2970. The monoisotopic (exact) mass is 1050 g/mol. The number of ketones is 2. The van der Waals surface area contributed by atoms with Crippen molar-refractivity contribution in [2.45, 2.75) is 51.4 Å². The van der Waals surface area contributed by atoms with E-state index < -0.39 is 14.3 Å². The highest BCUT2D eigenvalue weighted by Crippen LogP contribution is 2.46. The maximum absolute atomic E-state index is 12.7. The number of hydrogen-bond acceptors (Lipinski definition) is 14. The van der Waals surface area contributed by atoms with E-state index in [1.165, 1.54) is 17.6 Å². The molecule has 372 valence electrons. The first kappa shape index (κ1) is 51.9. The van der Waals surface area contributed by atoms with Gasteiger partial charge in [-0.15, -0.1) is 0 Å². The summed E-state index contributed by atoms with van der Waals surface area (Å²) in [6, 6.07) is 31.1. The largest absolute Gasteiger partial charge is 0.399 e. The van der Waals surface area contributed by atoms with Crippen LogP contribution in [0.15, 0.2) is 109 Å². The number of nitrogen functional groups attached to an aromatic ring is 1. The third-order valence-electron chi connectivity index (χ3n) is 13.5. The summed E-state index contributed by atoms with van der Waals surface area (Å²) < 4.78 is 24.9. The van der Waals surface area contributed by atoms with Gasteiger partial charge < -0.3 is 40.6 Å². The maximum Gasteiger partial charge on any atom is 0.229 e. The highest BCUT2D eigenvalue weighted by molar-refractivity contribution is 7.70. The molecule has 2 saturated carbocycles. The van der Waals surface area contributed by atoms with Gasteiger partial charge >= 0.3 is 0 Å². The summed E-state index contributed by atoms with van der Waals surface area (Å²) in [5.41, 5.74) is 12.0. The van der Waals surface area contributed by atoms with Crippen LogP contribution < -0.4 is 42.1 Å². The maximum atomic E-state index is 12.7. The molecule has 2 aromatic heterocycles. The molecular formula is C52H59Cl3N10O4P2. The molecule has 2 aliphatic heterocycles. The molecule has 4 aromatic carbocycles. The second kappa shape index (κ2) is 21.7. The molecule has 0 amide bonds. The molecule has 2 saturated heterocycles. The summed E-state index contributed by atoms with van der Waals surface area (Å²) in [4.78, 5) is 44.2. The molecular weight excluding hydrogens is 997 g/mol. The second-order valence-corrected chi connectivity index (χ2v) is 27.3. The lowest BCUT2D eigenvalue weighted by Gasteiger charge is -2.53. The number of nitrogens with two attached hydrogens (primary N) is 1. The lowest BCUT2D eigenvalue weighted by atomic mass is 9.68. The van der Waals surface area contributed by atoms with Crippen LogP contribution >= 0.6 is 49.1 Å². The Morgan fingerprint density at radius 1 is 0.549 bits per heavy atom. The van der Waals surface area contributed by atoms with E-state index in [2.05, 4.69) is 70.0 Å². The van der Waals surface area contributed by atoms with Crippen molar-refractivity contribution in [3.8, 4) is 0 Å². The lowest BCUT2D eigenvalue weighted by Crippen LogP contribution is -2.57.